The largest absolute Gasteiger partial charge is 0.335 e. The average molecular weight is 410 g/mol. The van der Waals surface area contributed by atoms with Crippen LogP contribution in [0.5, 0.6) is 0 Å². The van der Waals surface area contributed by atoms with Gasteiger partial charge in [0.15, 0.2) is 0 Å². The molecule has 8 nitrogen and oxygen atoms in total. The minimum atomic E-state index is -0.290. The highest BCUT2D eigenvalue weighted by molar-refractivity contribution is 6.15. The van der Waals surface area contributed by atoms with Crippen LogP contribution in [0.15, 0.2) is 71.6 Å². The number of rotatable bonds is 4. The molecule has 0 unspecified atom stereocenters. The van der Waals surface area contributed by atoms with Crippen LogP contribution in [0.3, 0.4) is 0 Å². The van der Waals surface area contributed by atoms with E-state index in [0.29, 0.717) is 33.7 Å². The van der Waals surface area contributed by atoms with Crippen molar-refractivity contribution in [2.75, 3.05) is 5.32 Å². The summed E-state index contributed by atoms with van der Waals surface area (Å²) in [5.74, 6) is -0.290. The zero-order valence-corrected chi connectivity index (χ0v) is 16.9. The second kappa shape index (κ2) is 7.49. The monoisotopic (exact) mass is 410 g/mol. The van der Waals surface area contributed by atoms with E-state index in [4.69, 9.17) is 4.52 Å². The van der Waals surface area contributed by atoms with Crippen molar-refractivity contribution in [2.45, 2.75) is 6.92 Å². The van der Waals surface area contributed by atoms with Gasteiger partial charge >= 0.3 is 0 Å². The molecule has 0 atom stereocenters. The number of nitrogens with one attached hydrogen (secondary N) is 1. The molecule has 0 spiro atoms. The molecule has 0 aliphatic carbocycles. The third kappa shape index (κ3) is 3.44. The molecule has 0 fully saturated rings. The lowest BCUT2D eigenvalue weighted by atomic mass is 10.0. The number of aryl methyl sites for hydroxylation is 2. The van der Waals surface area contributed by atoms with E-state index in [2.05, 4.69) is 25.5 Å². The molecule has 1 amide bonds. The van der Waals surface area contributed by atoms with E-state index in [1.807, 2.05) is 50.5 Å². The molecule has 5 aromatic rings. The highest BCUT2D eigenvalue weighted by atomic mass is 16.5. The van der Waals surface area contributed by atoms with Gasteiger partial charge in [-0.2, -0.15) is 5.10 Å². The zero-order chi connectivity index (χ0) is 21.4. The Morgan fingerprint density at radius 1 is 1.10 bits per heavy atom. The van der Waals surface area contributed by atoms with Crippen molar-refractivity contribution in [1.82, 2.24) is 24.9 Å². The van der Waals surface area contributed by atoms with Crippen molar-refractivity contribution in [3.8, 4) is 22.5 Å². The van der Waals surface area contributed by atoms with Gasteiger partial charge in [-0.3, -0.25) is 14.5 Å². The standard InChI is InChI=1S/C23H18N6O2/c1-14-18(13-29(2)27-14)19-12-17(22(30)25-16-8-10-24-11-9-16)20-21(28-31-23(20)26-19)15-6-4-3-5-7-15/h3-13H,1-2H3,(H,24,25,30). The van der Waals surface area contributed by atoms with Gasteiger partial charge < -0.3 is 9.84 Å². The van der Waals surface area contributed by atoms with Gasteiger partial charge in [0.25, 0.3) is 11.6 Å². The number of pyridine rings is 2. The van der Waals surface area contributed by atoms with Gasteiger partial charge in [0, 0.05) is 42.5 Å². The molecular formula is C23H18N6O2. The highest BCUT2D eigenvalue weighted by Gasteiger charge is 2.23. The molecule has 0 bridgehead atoms. The summed E-state index contributed by atoms with van der Waals surface area (Å²) in [6.07, 6.45) is 5.11. The lowest BCUT2D eigenvalue weighted by molar-refractivity contribution is 0.102. The smallest absolute Gasteiger partial charge is 0.259 e. The normalized spacial score (nSPS) is 11.0. The third-order valence-electron chi connectivity index (χ3n) is 4.97. The topological polar surface area (TPSA) is 98.7 Å². The van der Waals surface area contributed by atoms with Gasteiger partial charge in [-0.05, 0) is 25.1 Å². The Morgan fingerprint density at radius 2 is 1.87 bits per heavy atom. The molecule has 0 aliphatic heterocycles. The minimum Gasteiger partial charge on any atom is -0.335 e. The van der Waals surface area contributed by atoms with Crippen molar-refractivity contribution >= 4 is 22.7 Å². The summed E-state index contributed by atoms with van der Waals surface area (Å²) in [6.45, 7) is 1.90. The van der Waals surface area contributed by atoms with Gasteiger partial charge in [-0.15, -0.1) is 0 Å². The van der Waals surface area contributed by atoms with E-state index in [1.165, 1.54) is 0 Å². The van der Waals surface area contributed by atoms with Gasteiger partial charge in [0.05, 0.1) is 22.3 Å². The first-order valence-electron chi connectivity index (χ1n) is 9.68. The van der Waals surface area contributed by atoms with Crippen molar-refractivity contribution in [3.63, 3.8) is 0 Å². The molecule has 0 saturated carbocycles. The zero-order valence-electron chi connectivity index (χ0n) is 16.9. The summed E-state index contributed by atoms with van der Waals surface area (Å²) in [5.41, 5.74) is 4.97. The molecule has 0 radical (unpaired) electrons. The SMILES string of the molecule is Cc1nn(C)cc1-c1cc(C(=O)Nc2ccncc2)c2c(-c3ccccc3)noc2n1. The molecule has 152 valence electrons. The van der Waals surface area contributed by atoms with E-state index in [1.54, 1.807) is 35.3 Å². The van der Waals surface area contributed by atoms with Crippen molar-refractivity contribution in [1.29, 1.82) is 0 Å². The fourth-order valence-corrected chi connectivity index (χ4v) is 3.55. The number of carbonyl (C=O) groups excluding carboxylic acids is 1. The maximum atomic E-state index is 13.3. The summed E-state index contributed by atoms with van der Waals surface area (Å²) >= 11 is 0. The maximum absolute atomic E-state index is 13.3. The number of hydrogen-bond acceptors (Lipinski definition) is 6. The molecular weight excluding hydrogens is 392 g/mol. The van der Waals surface area contributed by atoms with E-state index in [-0.39, 0.29) is 5.91 Å². The molecule has 31 heavy (non-hydrogen) atoms. The van der Waals surface area contributed by atoms with E-state index in [9.17, 15) is 4.79 Å². The maximum Gasteiger partial charge on any atom is 0.259 e. The quantitative estimate of drug-likeness (QED) is 0.476. The van der Waals surface area contributed by atoms with Crippen LogP contribution in [0.2, 0.25) is 0 Å². The third-order valence-corrected chi connectivity index (χ3v) is 4.97. The second-order valence-corrected chi connectivity index (χ2v) is 7.12. The lowest BCUT2D eigenvalue weighted by Gasteiger charge is -2.08. The molecule has 5 rings (SSSR count). The van der Waals surface area contributed by atoms with E-state index < -0.39 is 0 Å². The van der Waals surface area contributed by atoms with Crippen LogP contribution in [0.1, 0.15) is 16.1 Å². The summed E-state index contributed by atoms with van der Waals surface area (Å²) in [5, 5.41) is 12.1. The first kappa shape index (κ1) is 18.7. The van der Waals surface area contributed by atoms with Crippen molar-refractivity contribution < 1.29 is 9.32 Å². The minimum absolute atomic E-state index is 0.290. The van der Waals surface area contributed by atoms with Crippen molar-refractivity contribution in [2.24, 2.45) is 7.05 Å². The Kier molecular flexibility index (Phi) is 4.51. The van der Waals surface area contributed by atoms with E-state index >= 15 is 0 Å². The summed E-state index contributed by atoms with van der Waals surface area (Å²) in [7, 11) is 1.84. The van der Waals surface area contributed by atoms with Crippen LogP contribution in [-0.4, -0.2) is 30.8 Å². The van der Waals surface area contributed by atoms with Crippen molar-refractivity contribution in [3.05, 3.63) is 78.4 Å². The van der Waals surface area contributed by atoms with Crippen LogP contribution in [-0.2, 0) is 7.05 Å². The van der Waals surface area contributed by atoms with Gasteiger partial charge in [0.1, 0.15) is 5.69 Å². The van der Waals surface area contributed by atoms with Crippen LogP contribution >= 0.6 is 0 Å². The Morgan fingerprint density at radius 3 is 2.58 bits per heavy atom. The van der Waals surface area contributed by atoms with Crippen LogP contribution in [0.25, 0.3) is 33.6 Å². The van der Waals surface area contributed by atoms with Crippen LogP contribution in [0.4, 0.5) is 5.69 Å². The number of aromatic nitrogens is 5. The predicted molar refractivity (Wildman–Crippen MR) is 116 cm³/mol. The number of anilines is 1. The number of nitrogens with zero attached hydrogens (tertiary/aromatic N) is 5. The Bertz CT molecular complexity index is 1390. The first-order valence-corrected chi connectivity index (χ1v) is 9.68. The Hall–Kier alpha value is -4.33. The summed E-state index contributed by atoms with van der Waals surface area (Å²) < 4.78 is 7.29. The Balaban J connectivity index is 1.71. The number of amides is 1. The lowest BCUT2D eigenvalue weighted by Crippen LogP contribution is -2.13. The molecule has 0 aliphatic rings. The molecule has 4 aromatic heterocycles. The fraction of sp³-hybridized carbons (Fsp3) is 0.0870. The number of benzene rings is 1. The number of fused-ring (bicyclic) bond motifs is 1. The number of hydrogen-bond donors (Lipinski definition) is 1. The first-order chi connectivity index (χ1) is 15.1. The van der Waals surface area contributed by atoms with Gasteiger partial charge in [0.2, 0.25) is 0 Å². The Labute approximate surface area is 177 Å². The van der Waals surface area contributed by atoms with Gasteiger partial charge in [-0.25, -0.2) is 4.98 Å². The predicted octanol–water partition coefficient (Wildman–Crippen LogP) is 4.25. The molecule has 0 saturated heterocycles. The van der Waals surface area contributed by atoms with E-state index in [0.717, 1.165) is 16.8 Å². The average Bonchev–Trinajstić information content (AvgIpc) is 3.36. The molecule has 4 heterocycles. The molecule has 1 N–H and O–H groups in total. The fourth-order valence-electron chi connectivity index (χ4n) is 3.55. The molecule has 8 heteroatoms. The van der Waals surface area contributed by atoms with Gasteiger partial charge in [-0.1, -0.05) is 35.5 Å². The number of carbonyl (C=O) groups is 1. The summed E-state index contributed by atoms with van der Waals surface area (Å²) in [6, 6.07) is 14.8. The summed E-state index contributed by atoms with van der Waals surface area (Å²) in [4.78, 5) is 22.0. The molecule has 1 aromatic carbocycles. The van der Waals surface area contributed by atoms with Crippen LogP contribution in [0, 0.1) is 6.92 Å². The highest BCUT2D eigenvalue weighted by Crippen LogP contribution is 2.33. The second-order valence-electron chi connectivity index (χ2n) is 7.12. The van der Waals surface area contributed by atoms with Crippen LogP contribution < -0.4 is 5.32 Å².